The first-order valence-electron chi connectivity index (χ1n) is 5.21. The molecule has 0 radical (unpaired) electrons. The number of benzene rings is 1. The van der Waals surface area contributed by atoms with Gasteiger partial charge in [-0.1, -0.05) is 22.9 Å². The molecule has 0 fully saturated rings. The fourth-order valence-electron chi connectivity index (χ4n) is 1.44. The molecule has 1 amide bonds. The molecule has 3 nitrogen and oxygen atoms in total. The molecule has 0 unspecified atom stereocenters. The Balaban J connectivity index is 2.97. The van der Waals surface area contributed by atoms with Crippen molar-refractivity contribution in [1.29, 1.82) is 5.26 Å². The Kier molecular flexibility index (Phi) is 5.66. The second kappa shape index (κ2) is 6.77. The Morgan fingerprint density at radius 3 is 2.71 bits per heavy atom. The minimum absolute atomic E-state index is 0.118. The van der Waals surface area contributed by atoms with Crippen LogP contribution in [0.4, 0.5) is 0 Å². The first kappa shape index (κ1) is 14.2. The minimum Gasteiger partial charge on any atom is -0.325 e. The second-order valence-electron chi connectivity index (χ2n) is 3.51. The lowest BCUT2D eigenvalue weighted by Gasteiger charge is -2.19. The average Bonchev–Trinajstić information content (AvgIpc) is 2.28. The fourth-order valence-corrected chi connectivity index (χ4v) is 2.66. The van der Waals surface area contributed by atoms with Gasteiger partial charge in [0.1, 0.15) is 6.54 Å². The number of amides is 1. The van der Waals surface area contributed by atoms with Gasteiger partial charge in [0, 0.05) is 15.5 Å². The van der Waals surface area contributed by atoms with E-state index in [1.54, 1.807) is 11.0 Å². The predicted molar refractivity (Wildman–Crippen MR) is 73.6 cm³/mol. The Hall–Kier alpha value is -0.860. The number of nitriles is 1. The van der Waals surface area contributed by atoms with Gasteiger partial charge in [-0.15, -0.1) is 0 Å². The summed E-state index contributed by atoms with van der Waals surface area (Å²) >= 11 is 6.69. The van der Waals surface area contributed by atoms with Crippen LogP contribution < -0.4 is 0 Å². The van der Waals surface area contributed by atoms with Crippen LogP contribution in [0.5, 0.6) is 0 Å². The minimum atomic E-state index is -0.118. The van der Waals surface area contributed by atoms with Gasteiger partial charge in [0.25, 0.3) is 5.91 Å². The number of carbonyl (C=O) groups is 1. The summed E-state index contributed by atoms with van der Waals surface area (Å²) in [4.78, 5) is 13.7. The molecule has 0 heterocycles. The number of halogens is 2. The molecule has 1 rings (SSSR count). The molecule has 90 valence electrons. The smallest absolute Gasteiger partial charge is 0.255 e. The normalized spacial score (nSPS) is 9.76. The SMILES string of the molecule is CCCN(CC#N)C(=O)c1ccc(Br)cc1Br. The highest BCUT2D eigenvalue weighted by atomic mass is 79.9. The van der Waals surface area contributed by atoms with E-state index < -0.39 is 0 Å². The van der Waals surface area contributed by atoms with Crippen molar-refractivity contribution in [2.75, 3.05) is 13.1 Å². The quantitative estimate of drug-likeness (QED) is 0.771. The molecule has 0 saturated heterocycles. The summed E-state index contributed by atoms with van der Waals surface area (Å²) in [6.07, 6.45) is 0.835. The molecule has 17 heavy (non-hydrogen) atoms. The van der Waals surface area contributed by atoms with Crippen LogP contribution in [-0.2, 0) is 0 Å². The fraction of sp³-hybridized carbons (Fsp3) is 0.333. The third-order valence-electron chi connectivity index (χ3n) is 2.20. The molecule has 0 atom stereocenters. The topological polar surface area (TPSA) is 44.1 Å². The Morgan fingerprint density at radius 2 is 2.18 bits per heavy atom. The molecule has 0 aliphatic rings. The summed E-state index contributed by atoms with van der Waals surface area (Å²) in [5, 5.41) is 8.71. The molecular weight excluding hydrogens is 348 g/mol. The Bertz CT molecular complexity index is 454. The van der Waals surface area contributed by atoms with Crippen molar-refractivity contribution < 1.29 is 4.79 Å². The standard InChI is InChI=1S/C12H12Br2N2O/c1-2-6-16(7-5-15)12(17)10-4-3-9(13)8-11(10)14/h3-4,8H,2,6-7H2,1H3. The zero-order valence-electron chi connectivity index (χ0n) is 9.41. The highest BCUT2D eigenvalue weighted by Gasteiger charge is 2.17. The monoisotopic (exact) mass is 358 g/mol. The lowest BCUT2D eigenvalue weighted by molar-refractivity contribution is 0.0775. The molecule has 0 aromatic heterocycles. The van der Waals surface area contributed by atoms with Crippen molar-refractivity contribution in [3.63, 3.8) is 0 Å². The van der Waals surface area contributed by atoms with Crippen molar-refractivity contribution in [3.8, 4) is 6.07 Å². The number of nitrogens with zero attached hydrogens (tertiary/aromatic N) is 2. The molecular formula is C12H12Br2N2O. The van der Waals surface area contributed by atoms with Crippen LogP contribution in [0.25, 0.3) is 0 Å². The van der Waals surface area contributed by atoms with E-state index >= 15 is 0 Å². The van der Waals surface area contributed by atoms with Crippen LogP contribution in [-0.4, -0.2) is 23.9 Å². The van der Waals surface area contributed by atoms with E-state index in [1.165, 1.54) is 0 Å². The van der Waals surface area contributed by atoms with Gasteiger partial charge in [-0.3, -0.25) is 4.79 Å². The third-order valence-corrected chi connectivity index (χ3v) is 3.35. The van der Waals surface area contributed by atoms with Crippen molar-refractivity contribution in [2.24, 2.45) is 0 Å². The van der Waals surface area contributed by atoms with Crippen LogP contribution in [0.15, 0.2) is 27.1 Å². The zero-order valence-corrected chi connectivity index (χ0v) is 12.6. The highest BCUT2D eigenvalue weighted by Crippen LogP contribution is 2.23. The van der Waals surface area contributed by atoms with E-state index in [1.807, 2.05) is 25.1 Å². The van der Waals surface area contributed by atoms with Crippen molar-refractivity contribution in [3.05, 3.63) is 32.7 Å². The van der Waals surface area contributed by atoms with Crippen LogP contribution in [0.2, 0.25) is 0 Å². The molecule has 0 bridgehead atoms. The maximum Gasteiger partial charge on any atom is 0.255 e. The number of rotatable bonds is 4. The predicted octanol–water partition coefficient (Wildman–Crippen LogP) is 3.59. The van der Waals surface area contributed by atoms with Gasteiger partial charge in [0.2, 0.25) is 0 Å². The molecule has 0 aliphatic heterocycles. The first-order valence-corrected chi connectivity index (χ1v) is 6.80. The van der Waals surface area contributed by atoms with Gasteiger partial charge in [-0.2, -0.15) is 5.26 Å². The number of hydrogen-bond acceptors (Lipinski definition) is 2. The number of hydrogen-bond donors (Lipinski definition) is 0. The summed E-state index contributed by atoms with van der Waals surface area (Å²) in [6, 6.07) is 7.40. The summed E-state index contributed by atoms with van der Waals surface area (Å²) in [6.45, 7) is 2.69. The van der Waals surface area contributed by atoms with E-state index in [9.17, 15) is 4.79 Å². The van der Waals surface area contributed by atoms with Crippen molar-refractivity contribution in [1.82, 2.24) is 4.90 Å². The summed E-state index contributed by atoms with van der Waals surface area (Å²) in [7, 11) is 0. The lowest BCUT2D eigenvalue weighted by Crippen LogP contribution is -2.32. The molecule has 0 N–H and O–H groups in total. The molecule has 0 saturated carbocycles. The van der Waals surface area contributed by atoms with Gasteiger partial charge in [0.05, 0.1) is 11.6 Å². The van der Waals surface area contributed by atoms with Crippen LogP contribution in [0.3, 0.4) is 0 Å². The second-order valence-corrected chi connectivity index (χ2v) is 5.28. The molecule has 1 aromatic rings. The maximum absolute atomic E-state index is 12.2. The van der Waals surface area contributed by atoms with Crippen molar-refractivity contribution in [2.45, 2.75) is 13.3 Å². The van der Waals surface area contributed by atoms with Gasteiger partial charge in [-0.05, 0) is 40.5 Å². The third kappa shape index (κ3) is 3.83. The van der Waals surface area contributed by atoms with Gasteiger partial charge >= 0.3 is 0 Å². The van der Waals surface area contributed by atoms with Crippen LogP contribution >= 0.6 is 31.9 Å². The van der Waals surface area contributed by atoms with E-state index in [0.717, 1.165) is 15.4 Å². The lowest BCUT2D eigenvalue weighted by atomic mass is 10.2. The molecule has 5 heteroatoms. The van der Waals surface area contributed by atoms with E-state index in [-0.39, 0.29) is 12.5 Å². The van der Waals surface area contributed by atoms with Gasteiger partial charge in [-0.25, -0.2) is 0 Å². The van der Waals surface area contributed by atoms with E-state index in [2.05, 4.69) is 31.9 Å². The van der Waals surface area contributed by atoms with Crippen LogP contribution in [0.1, 0.15) is 23.7 Å². The Morgan fingerprint density at radius 1 is 1.47 bits per heavy atom. The average molecular weight is 360 g/mol. The first-order chi connectivity index (χ1) is 8.10. The van der Waals surface area contributed by atoms with Crippen molar-refractivity contribution >= 4 is 37.8 Å². The zero-order chi connectivity index (χ0) is 12.8. The van der Waals surface area contributed by atoms with Gasteiger partial charge in [0.15, 0.2) is 0 Å². The highest BCUT2D eigenvalue weighted by molar-refractivity contribution is 9.11. The van der Waals surface area contributed by atoms with Gasteiger partial charge < -0.3 is 4.90 Å². The van der Waals surface area contributed by atoms with E-state index in [0.29, 0.717) is 12.1 Å². The Labute approximate surface area is 118 Å². The van der Waals surface area contributed by atoms with E-state index in [4.69, 9.17) is 5.26 Å². The summed E-state index contributed by atoms with van der Waals surface area (Å²) < 4.78 is 1.64. The molecule has 0 spiro atoms. The maximum atomic E-state index is 12.2. The molecule has 0 aliphatic carbocycles. The largest absolute Gasteiger partial charge is 0.325 e. The summed E-state index contributed by atoms with van der Waals surface area (Å²) in [5.41, 5.74) is 0.580. The summed E-state index contributed by atoms with van der Waals surface area (Å²) in [5.74, 6) is -0.118. The molecule has 1 aromatic carbocycles. The number of carbonyl (C=O) groups excluding carboxylic acids is 1. The van der Waals surface area contributed by atoms with Crippen LogP contribution in [0, 0.1) is 11.3 Å².